The summed E-state index contributed by atoms with van der Waals surface area (Å²) in [5.41, 5.74) is 0.726. The van der Waals surface area contributed by atoms with Gasteiger partial charge >= 0.3 is 0 Å². The van der Waals surface area contributed by atoms with E-state index in [-0.39, 0.29) is 24.3 Å². The molecule has 0 bridgehead atoms. The van der Waals surface area contributed by atoms with Gasteiger partial charge in [-0.3, -0.25) is 9.59 Å². The largest absolute Gasteiger partial charge is 0.339 e. The summed E-state index contributed by atoms with van der Waals surface area (Å²) in [6.45, 7) is 4.24. The van der Waals surface area contributed by atoms with E-state index in [4.69, 9.17) is 0 Å². The molecule has 1 aliphatic rings. The molecule has 24 heavy (non-hydrogen) atoms. The Morgan fingerprint density at radius 3 is 2.79 bits per heavy atom. The second kappa shape index (κ2) is 6.43. The normalized spacial score (nSPS) is 17.6. The quantitative estimate of drug-likeness (QED) is 0.934. The Morgan fingerprint density at radius 2 is 2.21 bits per heavy atom. The van der Waals surface area contributed by atoms with E-state index in [9.17, 15) is 14.0 Å². The molecule has 1 saturated heterocycles. The van der Waals surface area contributed by atoms with E-state index in [1.807, 2.05) is 13.8 Å². The first-order valence-electron chi connectivity index (χ1n) is 7.84. The summed E-state index contributed by atoms with van der Waals surface area (Å²) < 4.78 is 15.8. The van der Waals surface area contributed by atoms with E-state index in [2.05, 4.69) is 10.3 Å². The summed E-state index contributed by atoms with van der Waals surface area (Å²) in [6, 6.07) is 4.55. The highest BCUT2D eigenvalue weighted by Gasteiger charge is 2.35. The Bertz CT molecular complexity index is 758. The number of aromatic nitrogens is 2. The lowest BCUT2D eigenvalue weighted by Gasteiger charge is -2.20. The molecule has 3 rings (SSSR count). The van der Waals surface area contributed by atoms with Gasteiger partial charge in [0, 0.05) is 37.1 Å². The molecular weight excluding hydrogens is 311 g/mol. The van der Waals surface area contributed by atoms with Gasteiger partial charge in [0.1, 0.15) is 5.82 Å². The van der Waals surface area contributed by atoms with Crippen LogP contribution in [0.5, 0.6) is 0 Å². The molecule has 1 N–H and O–H groups in total. The molecule has 1 aromatic carbocycles. The maximum atomic E-state index is 14.2. The minimum atomic E-state index is -0.461. The number of hydrogen-bond acceptors (Lipinski definition) is 3. The number of benzene rings is 1. The van der Waals surface area contributed by atoms with E-state index in [1.54, 1.807) is 34.0 Å². The molecule has 7 heteroatoms. The van der Waals surface area contributed by atoms with Crippen LogP contribution in [0.25, 0.3) is 5.69 Å². The molecule has 0 radical (unpaired) electrons. The van der Waals surface area contributed by atoms with Crippen LogP contribution in [0.2, 0.25) is 0 Å². The number of halogens is 1. The molecule has 1 aliphatic heterocycles. The van der Waals surface area contributed by atoms with Gasteiger partial charge in [-0.15, -0.1) is 0 Å². The zero-order chi connectivity index (χ0) is 17.3. The van der Waals surface area contributed by atoms with Crippen LogP contribution in [0, 0.1) is 11.7 Å². The average Bonchev–Trinajstić information content (AvgIpc) is 3.16. The number of rotatable bonds is 4. The third-order valence-corrected chi connectivity index (χ3v) is 4.15. The van der Waals surface area contributed by atoms with Crippen molar-refractivity contribution in [3.63, 3.8) is 0 Å². The second-order valence-corrected chi connectivity index (χ2v) is 6.17. The van der Waals surface area contributed by atoms with Crippen molar-refractivity contribution < 1.29 is 14.0 Å². The zero-order valence-corrected chi connectivity index (χ0v) is 13.6. The van der Waals surface area contributed by atoms with Gasteiger partial charge in [0.25, 0.3) is 0 Å². The summed E-state index contributed by atoms with van der Waals surface area (Å²) in [4.78, 5) is 29.8. The predicted octanol–water partition coefficient (Wildman–Crippen LogP) is 2.21. The molecular formula is C17H19FN4O2. The standard InChI is InChI=1S/C17H19FN4O2/c1-11(2)22-9-12(7-16(22)23)17(24)20-13-3-4-15(14(18)8-13)21-6-5-19-10-21/h3-6,8,10-12H,7,9H2,1-2H3,(H,20,24). The Balaban J connectivity index is 1.69. The smallest absolute Gasteiger partial charge is 0.229 e. The van der Waals surface area contributed by atoms with Crippen LogP contribution in [-0.2, 0) is 9.59 Å². The number of nitrogens with one attached hydrogen (secondary N) is 1. The molecule has 1 atom stereocenters. The molecule has 2 amide bonds. The summed E-state index contributed by atoms with van der Waals surface area (Å²) in [5.74, 6) is -1.15. The van der Waals surface area contributed by atoms with Crippen molar-refractivity contribution in [2.75, 3.05) is 11.9 Å². The lowest BCUT2D eigenvalue weighted by atomic mass is 10.1. The van der Waals surface area contributed by atoms with Gasteiger partial charge in [-0.05, 0) is 32.0 Å². The fourth-order valence-electron chi connectivity index (χ4n) is 2.85. The molecule has 2 heterocycles. The Labute approximate surface area is 139 Å². The van der Waals surface area contributed by atoms with Crippen LogP contribution in [0.4, 0.5) is 10.1 Å². The van der Waals surface area contributed by atoms with Gasteiger partial charge in [0.15, 0.2) is 0 Å². The minimum Gasteiger partial charge on any atom is -0.339 e. The number of hydrogen-bond donors (Lipinski definition) is 1. The van der Waals surface area contributed by atoms with Gasteiger partial charge in [-0.25, -0.2) is 9.37 Å². The molecule has 6 nitrogen and oxygen atoms in total. The first kappa shape index (κ1) is 16.2. The van der Waals surface area contributed by atoms with Crippen molar-refractivity contribution in [1.82, 2.24) is 14.5 Å². The summed E-state index contributed by atoms with van der Waals surface area (Å²) in [7, 11) is 0. The topological polar surface area (TPSA) is 67.2 Å². The number of nitrogens with zero attached hydrogens (tertiary/aromatic N) is 3. The molecule has 1 aromatic heterocycles. The molecule has 0 spiro atoms. The maximum Gasteiger partial charge on any atom is 0.229 e. The van der Waals surface area contributed by atoms with Gasteiger partial charge < -0.3 is 14.8 Å². The van der Waals surface area contributed by atoms with Gasteiger partial charge in [0.2, 0.25) is 11.8 Å². The lowest BCUT2D eigenvalue weighted by molar-refractivity contribution is -0.129. The van der Waals surface area contributed by atoms with Crippen LogP contribution in [-0.4, -0.2) is 38.9 Å². The highest BCUT2D eigenvalue weighted by atomic mass is 19.1. The highest BCUT2D eigenvalue weighted by Crippen LogP contribution is 2.23. The summed E-state index contributed by atoms with van der Waals surface area (Å²) >= 11 is 0. The van der Waals surface area contributed by atoms with Crippen molar-refractivity contribution >= 4 is 17.5 Å². The summed E-state index contributed by atoms with van der Waals surface area (Å²) in [6.07, 6.45) is 4.90. The molecule has 2 aromatic rings. The van der Waals surface area contributed by atoms with E-state index < -0.39 is 11.7 Å². The molecule has 126 valence electrons. The lowest BCUT2D eigenvalue weighted by Crippen LogP contribution is -2.33. The molecule has 1 fully saturated rings. The van der Waals surface area contributed by atoms with Crippen LogP contribution >= 0.6 is 0 Å². The van der Waals surface area contributed by atoms with Crippen LogP contribution in [0.15, 0.2) is 36.9 Å². The Morgan fingerprint density at radius 1 is 1.42 bits per heavy atom. The number of carbonyl (C=O) groups excluding carboxylic acids is 2. The summed E-state index contributed by atoms with van der Waals surface area (Å²) in [5, 5.41) is 2.69. The predicted molar refractivity (Wildman–Crippen MR) is 87.1 cm³/mol. The van der Waals surface area contributed by atoms with Gasteiger partial charge in [0.05, 0.1) is 17.9 Å². The highest BCUT2D eigenvalue weighted by molar-refractivity contribution is 5.97. The van der Waals surface area contributed by atoms with Crippen molar-refractivity contribution in [3.05, 3.63) is 42.7 Å². The Hall–Kier alpha value is -2.70. The molecule has 0 aliphatic carbocycles. The molecule has 1 unspecified atom stereocenters. The fourth-order valence-corrected chi connectivity index (χ4v) is 2.85. The molecule has 0 saturated carbocycles. The number of likely N-dealkylation sites (tertiary alicyclic amines) is 1. The van der Waals surface area contributed by atoms with Crippen molar-refractivity contribution in [2.24, 2.45) is 5.92 Å². The number of amides is 2. The monoisotopic (exact) mass is 330 g/mol. The van der Waals surface area contributed by atoms with Crippen molar-refractivity contribution in [1.29, 1.82) is 0 Å². The fraction of sp³-hybridized carbons (Fsp3) is 0.353. The zero-order valence-electron chi connectivity index (χ0n) is 13.6. The first-order chi connectivity index (χ1) is 11.5. The number of anilines is 1. The van der Waals surface area contributed by atoms with Crippen LogP contribution in [0.1, 0.15) is 20.3 Å². The number of imidazole rings is 1. The first-order valence-corrected chi connectivity index (χ1v) is 7.84. The average molecular weight is 330 g/mol. The van der Waals surface area contributed by atoms with Gasteiger partial charge in [-0.1, -0.05) is 0 Å². The van der Waals surface area contributed by atoms with Crippen molar-refractivity contribution in [3.8, 4) is 5.69 Å². The van der Waals surface area contributed by atoms with Gasteiger partial charge in [-0.2, -0.15) is 0 Å². The van der Waals surface area contributed by atoms with E-state index in [1.165, 1.54) is 12.4 Å². The van der Waals surface area contributed by atoms with E-state index >= 15 is 0 Å². The third-order valence-electron chi connectivity index (χ3n) is 4.15. The van der Waals surface area contributed by atoms with E-state index in [0.717, 1.165) is 0 Å². The maximum absolute atomic E-state index is 14.2. The van der Waals surface area contributed by atoms with E-state index in [0.29, 0.717) is 17.9 Å². The van der Waals surface area contributed by atoms with Crippen LogP contribution < -0.4 is 5.32 Å². The SMILES string of the molecule is CC(C)N1CC(C(=O)Nc2ccc(-n3ccnc3)c(F)c2)CC1=O. The van der Waals surface area contributed by atoms with Crippen LogP contribution in [0.3, 0.4) is 0 Å². The van der Waals surface area contributed by atoms with Crippen molar-refractivity contribution in [2.45, 2.75) is 26.3 Å². The second-order valence-electron chi connectivity index (χ2n) is 6.17. The Kier molecular flexibility index (Phi) is 4.33. The third kappa shape index (κ3) is 3.15. The number of carbonyl (C=O) groups is 2. The minimum absolute atomic E-state index is 0.0215.